The molecule has 0 aliphatic rings. The van der Waals surface area contributed by atoms with Gasteiger partial charge in [-0.05, 0) is 18.4 Å². The maximum Gasteiger partial charge on any atom is 0.166 e. The number of ketones is 1. The Balaban J connectivity index is 2.12. The van der Waals surface area contributed by atoms with Crippen LogP contribution in [-0.4, -0.2) is 5.78 Å². The highest BCUT2D eigenvalue weighted by atomic mass is 16.1. The first-order valence-corrected chi connectivity index (χ1v) is 6.44. The maximum absolute atomic E-state index is 12.4. The molecule has 0 aliphatic carbocycles. The lowest BCUT2D eigenvalue weighted by molar-refractivity contribution is 0.0916. The SMILES string of the molecule is CC[C@@H](Cc1ccccc1)C(=O)c1ccccc1. The Hall–Kier alpha value is -1.89. The largest absolute Gasteiger partial charge is 0.294 e. The van der Waals surface area contributed by atoms with Gasteiger partial charge in [0.2, 0.25) is 0 Å². The smallest absolute Gasteiger partial charge is 0.166 e. The number of benzene rings is 2. The van der Waals surface area contributed by atoms with E-state index in [2.05, 4.69) is 19.1 Å². The summed E-state index contributed by atoms with van der Waals surface area (Å²) < 4.78 is 0. The fraction of sp³-hybridized carbons (Fsp3) is 0.235. The second-order valence-electron chi connectivity index (χ2n) is 4.53. The first-order chi connectivity index (χ1) is 8.81. The van der Waals surface area contributed by atoms with Gasteiger partial charge in [-0.2, -0.15) is 0 Å². The van der Waals surface area contributed by atoms with Gasteiger partial charge in [-0.1, -0.05) is 67.6 Å². The van der Waals surface area contributed by atoms with Gasteiger partial charge < -0.3 is 0 Å². The third-order valence-corrected chi connectivity index (χ3v) is 3.25. The van der Waals surface area contributed by atoms with Crippen LogP contribution < -0.4 is 0 Å². The Morgan fingerprint density at radius 3 is 2.06 bits per heavy atom. The van der Waals surface area contributed by atoms with E-state index in [1.54, 1.807) is 0 Å². The van der Waals surface area contributed by atoms with E-state index in [1.807, 2.05) is 48.5 Å². The molecular weight excluding hydrogens is 220 g/mol. The highest BCUT2D eigenvalue weighted by Gasteiger charge is 2.18. The molecule has 0 N–H and O–H groups in total. The molecule has 0 saturated heterocycles. The number of carbonyl (C=O) groups excluding carboxylic acids is 1. The van der Waals surface area contributed by atoms with Crippen molar-refractivity contribution in [3.63, 3.8) is 0 Å². The van der Waals surface area contributed by atoms with Crippen molar-refractivity contribution >= 4 is 5.78 Å². The Kier molecular flexibility index (Phi) is 4.30. The molecule has 1 atom stereocenters. The first kappa shape index (κ1) is 12.6. The molecular formula is C17H18O. The van der Waals surface area contributed by atoms with E-state index in [0.29, 0.717) is 0 Å². The van der Waals surface area contributed by atoms with Gasteiger partial charge in [0.1, 0.15) is 0 Å². The van der Waals surface area contributed by atoms with E-state index in [0.717, 1.165) is 18.4 Å². The van der Waals surface area contributed by atoms with Crippen LogP contribution in [-0.2, 0) is 6.42 Å². The molecule has 0 unspecified atom stereocenters. The standard InChI is InChI=1S/C17H18O/c1-2-15(13-14-9-5-3-6-10-14)17(18)16-11-7-4-8-12-16/h3-12,15H,2,13H2,1H3/t15-/m0/s1. The molecule has 18 heavy (non-hydrogen) atoms. The lowest BCUT2D eigenvalue weighted by Crippen LogP contribution is -2.16. The lowest BCUT2D eigenvalue weighted by atomic mass is 9.89. The Morgan fingerprint density at radius 1 is 0.944 bits per heavy atom. The van der Waals surface area contributed by atoms with E-state index in [1.165, 1.54) is 5.56 Å². The summed E-state index contributed by atoms with van der Waals surface area (Å²) in [7, 11) is 0. The molecule has 0 amide bonds. The first-order valence-electron chi connectivity index (χ1n) is 6.44. The highest BCUT2D eigenvalue weighted by molar-refractivity contribution is 5.97. The van der Waals surface area contributed by atoms with E-state index in [-0.39, 0.29) is 11.7 Å². The summed E-state index contributed by atoms with van der Waals surface area (Å²) in [4.78, 5) is 12.4. The van der Waals surface area contributed by atoms with Crippen molar-refractivity contribution in [1.82, 2.24) is 0 Å². The molecule has 0 bridgehead atoms. The number of hydrogen-bond donors (Lipinski definition) is 0. The van der Waals surface area contributed by atoms with Gasteiger partial charge in [0.05, 0.1) is 0 Å². The van der Waals surface area contributed by atoms with E-state index < -0.39 is 0 Å². The van der Waals surface area contributed by atoms with Gasteiger partial charge in [-0.25, -0.2) is 0 Å². The molecule has 2 aromatic rings. The monoisotopic (exact) mass is 238 g/mol. The highest BCUT2D eigenvalue weighted by Crippen LogP contribution is 2.17. The van der Waals surface area contributed by atoms with Gasteiger partial charge in [0.25, 0.3) is 0 Å². The molecule has 0 saturated carbocycles. The van der Waals surface area contributed by atoms with Crippen molar-refractivity contribution < 1.29 is 4.79 Å². The average molecular weight is 238 g/mol. The van der Waals surface area contributed by atoms with Gasteiger partial charge >= 0.3 is 0 Å². The summed E-state index contributed by atoms with van der Waals surface area (Å²) in [5.74, 6) is 0.330. The Labute approximate surface area is 108 Å². The fourth-order valence-corrected chi connectivity index (χ4v) is 2.16. The van der Waals surface area contributed by atoms with E-state index >= 15 is 0 Å². The molecule has 0 aromatic heterocycles. The third-order valence-electron chi connectivity index (χ3n) is 3.25. The Bertz CT molecular complexity index is 488. The number of hydrogen-bond acceptors (Lipinski definition) is 1. The average Bonchev–Trinajstić information content (AvgIpc) is 2.46. The van der Waals surface area contributed by atoms with Crippen LogP contribution in [0.2, 0.25) is 0 Å². The fourth-order valence-electron chi connectivity index (χ4n) is 2.16. The van der Waals surface area contributed by atoms with E-state index in [9.17, 15) is 4.79 Å². The minimum absolute atomic E-state index is 0.0785. The minimum Gasteiger partial charge on any atom is -0.294 e. The van der Waals surface area contributed by atoms with Crippen molar-refractivity contribution in [3.8, 4) is 0 Å². The van der Waals surface area contributed by atoms with Gasteiger partial charge in [-0.3, -0.25) is 4.79 Å². The van der Waals surface area contributed by atoms with Crippen LogP contribution in [0.3, 0.4) is 0 Å². The van der Waals surface area contributed by atoms with Crippen molar-refractivity contribution in [2.45, 2.75) is 19.8 Å². The molecule has 1 heteroatoms. The summed E-state index contributed by atoms with van der Waals surface area (Å²) in [6.45, 7) is 2.08. The van der Waals surface area contributed by atoms with Crippen LogP contribution in [0.5, 0.6) is 0 Å². The van der Waals surface area contributed by atoms with Gasteiger partial charge in [0, 0.05) is 11.5 Å². The van der Waals surface area contributed by atoms with E-state index in [4.69, 9.17) is 0 Å². The summed E-state index contributed by atoms with van der Waals surface area (Å²) in [5.41, 5.74) is 2.05. The molecule has 2 aromatic carbocycles. The second kappa shape index (κ2) is 6.15. The zero-order valence-corrected chi connectivity index (χ0v) is 10.7. The van der Waals surface area contributed by atoms with Crippen molar-refractivity contribution in [1.29, 1.82) is 0 Å². The van der Waals surface area contributed by atoms with Crippen molar-refractivity contribution in [3.05, 3.63) is 71.8 Å². The predicted molar refractivity (Wildman–Crippen MR) is 74.7 cm³/mol. The Morgan fingerprint density at radius 2 is 1.50 bits per heavy atom. The summed E-state index contributed by atoms with van der Waals surface area (Å²) in [5, 5.41) is 0. The maximum atomic E-state index is 12.4. The summed E-state index contributed by atoms with van der Waals surface area (Å²) in [6, 6.07) is 19.8. The molecule has 0 fully saturated rings. The molecule has 0 aliphatic heterocycles. The molecule has 1 nitrogen and oxygen atoms in total. The number of rotatable bonds is 5. The van der Waals surface area contributed by atoms with Crippen molar-refractivity contribution in [2.75, 3.05) is 0 Å². The second-order valence-corrected chi connectivity index (χ2v) is 4.53. The number of Topliss-reactive ketones (excluding diaryl/α,β-unsaturated/α-hetero) is 1. The minimum atomic E-state index is 0.0785. The predicted octanol–water partition coefficient (Wildman–Crippen LogP) is 4.14. The molecule has 0 heterocycles. The van der Waals surface area contributed by atoms with Crippen LogP contribution >= 0.6 is 0 Å². The molecule has 2 rings (SSSR count). The van der Waals surface area contributed by atoms with Crippen LogP contribution in [0.4, 0.5) is 0 Å². The van der Waals surface area contributed by atoms with Crippen LogP contribution in [0.25, 0.3) is 0 Å². The van der Waals surface area contributed by atoms with Crippen LogP contribution in [0.1, 0.15) is 29.3 Å². The summed E-state index contributed by atoms with van der Waals surface area (Å²) >= 11 is 0. The van der Waals surface area contributed by atoms with Crippen LogP contribution in [0, 0.1) is 5.92 Å². The van der Waals surface area contributed by atoms with Gasteiger partial charge in [-0.15, -0.1) is 0 Å². The molecule has 0 spiro atoms. The number of carbonyl (C=O) groups is 1. The molecule has 0 radical (unpaired) electrons. The normalized spacial score (nSPS) is 12.1. The quantitative estimate of drug-likeness (QED) is 0.715. The lowest BCUT2D eigenvalue weighted by Gasteiger charge is -2.13. The van der Waals surface area contributed by atoms with Crippen molar-refractivity contribution in [2.24, 2.45) is 5.92 Å². The third kappa shape index (κ3) is 3.07. The zero-order chi connectivity index (χ0) is 12.8. The summed E-state index contributed by atoms with van der Waals surface area (Å²) in [6.07, 6.45) is 1.70. The van der Waals surface area contributed by atoms with Gasteiger partial charge in [0.15, 0.2) is 5.78 Å². The zero-order valence-electron chi connectivity index (χ0n) is 10.7. The molecule has 92 valence electrons. The topological polar surface area (TPSA) is 17.1 Å². The van der Waals surface area contributed by atoms with Crippen LogP contribution in [0.15, 0.2) is 60.7 Å².